The van der Waals surface area contributed by atoms with E-state index < -0.39 is 0 Å². The number of nitrogens with zero attached hydrogens (tertiary/aromatic N) is 1. The van der Waals surface area contributed by atoms with E-state index in [4.69, 9.17) is 15.5 Å². The lowest BCUT2D eigenvalue weighted by Crippen LogP contribution is -1.92. The molecule has 1 aliphatic carbocycles. The summed E-state index contributed by atoms with van der Waals surface area (Å²) in [5.41, 5.74) is 8.08. The van der Waals surface area contributed by atoms with Gasteiger partial charge in [0.05, 0.1) is 7.11 Å². The molecule has 0 atom stereocenters. The highest BCUT2D eigenvalue weighted by atomic mass is 32.2. The molecular weight excluding hydrogens is 288 g/mol. The lowest BCUT2D eigenvalue weighted by atomic mass is 10.1. The fourth-order valence-corrected chi connectivity index (χ4v) is 4.92. The molecule has 0 unspecified atom stereocenters. The lowest BCUT2D eigenvalue weighted by molar-refractivity contribution is 0.415. The zero-order valence-corrected chi connectivity index (χ0v) is 13.1. The van der Waals surface area contributed by atoms with Crippen molar-refractivity contribution in [2.45, 2.75) is 35.3 Å². The van der Waals surface area contributed by atoms with E-state index in [1.807, 2.05) is 36.0 Å². The number of hydrogen-bond acceptors (Lipinski definition) is 5. The molecule has 5 heteroatoms. The van der Waals surface area contributed by atoms with Crippen molar-refractivity contribution in [2.75, 3.05) is 12.8 Å². The van der Waals surface area contributed by atoms with Gasteiger partial charge in [0, 0.05) is 10.8 Å². The molecule has 0 radical (unpaired) electrons. The molecule has 0 bridgehead atoms. The number of nitrogen functional groups attached to an aromatic ring is 1. The van der Waals surface area contributed by atoms with Crippen LogP contribution >= 0.6 is 23.1 Å². The maximum absolute atomic E-state index is 6.13. The molecule has 0 aliphatic heterocycles. The van der Waals surface area contributed by atoms with Crippen LogP contribution in [0.1, 0.15) is 25.7 Å². The highest BCUT2D eigenvalue weighted by Crippen LogP contribution is 2.41. The Labute approximate surface area is 127 Å². The Kier molecular flexibility index (Phi) is 4.17. The molecule has 1 aromatic carbocycles. The minimum Gasteiger partial charge on any atom is -0.497 e. The van der Waals surface area contributed by atoms with E-state index in [-0.39, 0.29) is 0 Å². The first-order valence-corrected chi connectivity index (χ1v) is 8.53. The van der Waals surface area contributed by atoms with Crippen molar-refractivity contribution in [1.29, 1.82) is 0 Å². The molecule has 106 valence electrons. The Morgan fingerprint density at radius 2 is 1.95 bits per heavy atom. The number of thioether (sulfide) groups is 1. The summed E-state index contributed by atoms with van der Waals surface area (Å²) < 4.78 is 6.27. The minimum atomic E-state index is 0.726. The zero-order chi connectivity index (χ0) is 13.9. The van der Waals surface area contributed by atoms with Gasteiger partial charge in [0.15, 0.2) is 4.34 Å². The molecule has 3 rings (SSSR count). The second kappa shape index (κ2) is 6.06. The van der Waals surface area contributed by atoms with E-state index in [1.54, 1.807) is 18.4 Å². The number of rotatable bonds is 4. The first-order valence-electron chi connectivity index (χ1n) is 6.83. The van der Waals surface area contributed by atoms with Crippen molar-refractivity contribution in [3.8, 4) is 17.0 Å². The zero-order valence-electron chi connectivity index (χ0n) is 11.5. The predicted molar refractivity (Wildman–Crippen MR) is 86.6 cm³/mol. The molecule has 1 aromatic heterocycles. The summed E-state index contributed by atoms with van der Waals surface area (Å²) in [6.07, 6.45) is 5.32. The summed E-state index contributed by atoms with van der Waals surface area (Å²) in [4.78, 5) is 4.71. The Hall–Kier alpha value is -1.20. The van der Waals surface area contributed by atoms with E-state index in [0.29, 0.717) is 0 Å². The number of thiazole rings is 1. The Morgan fingerprint density at radius 1 is 1.25 bits per heavy atom. The molecule has 0 spiro atoms. The van der Waals surface area contributed by atoms with Crippen LogP contribution < -0.4 is 10.5 Å². The highest BCUT2D eigenvalue weighted by Gasteiger charge is 2.19. The second-order valence-electron chi connectivity index (χ2n) is 4.95. The second-order valence-corrected chi connectivity index (χ2v) is 7.52. The average Bonchev–Trinajstić information content (AvgIpc) is 3.09. The molecular formula is C15H18N2OS2. The van der Waals surface area contributed by atoms with Crippen molar-refractivity contribution >= 4 is 28.1 Å². The van der Waals surface area contributed by atoms with Gasteiger partial charge in [0.1, 0.15) is 16.4 Å². The fraction of sp³-hybridized carbons (Fsp3) is 0.400. The molecule has 1 saturated carbocycles. The summed E-state index contributed by atoms with van der Waals surface area (Å²) in [6, 6.07) is 7.90. The van der Waals surface area contributed by atoms with Crippen LogP contribution in [0, 0.1) is 0 Å². The van der Waals surface area contributed by atoms with Crippen LogP contribution in [-0.2, 0) is 0 Å². The van der Waals surface area contributed by atoms with Gasteiger partial charge in [0.25, 0.3) is 0 Å². The first kappa shape index (κ1) is 13.8. The molecule has 3 nitrogen and oxygen atoms in total. The average molecular weight is 306 g/mol. The van der Waals surface area contributed by atoms with Crippen LogP contribution in [0.3, 0.4) is 0 Å². The number of hydrogen-bond donors (Lipinski definition) is 1. The normalized spacial score (nSPS) is 15.7. The van der Waals surface area contributed by atoms with Crippen molar-refractivity contribution < 1.29 is 4.74 Å². The van der Waals surface area contributed by atoms with Crippen molar-refractivity contribution in [3.63, 3.8) is 0 Å². The maximum atomic E-state index is 6.13. The van der Waals surface area contributed by atoms with Gasteiger partial charge in [-0.15, -0.1) is 0 Å². The smallest absolute Gasteiger partial charge is 0.152 e. The van der Waals surface area contributed by atoms with Gasteiger partial charge in [-0.25, -0.2) is 4.98 Å². The van der Waals surface area contributed by atoms with Gasteiger partial charge in [-0.2, -0.15) is 0 Å². The monoisotopic (exact) mass is 306 g/mol. The van der Waals surface area contributed by atoms with Crippen molar-refractivity contribution in [1.82, 2.24) is 4.98 Å². The maximum Gasteiger partial charge on any atom is 0.152 e. The highest BCUT2D eigenvalue weighted by molar-refractivity contribution is 8.01. The molecule has 1 aliphatic rings. The standard InChI is InChI=1S/C15H18N2OS2/c1-18-11-8-6-10(7-9-11)13-14(16)20-15(17-13)19-12-4-2-3-5-12/h6-9,12H,2-5,16H2,1H3. The van der Waals surface area contributed by atoms with Crippen LogP contribution in [0.2, 0.25) is 0 Å². The molecule has 1 fully saturated rings. The van der Waals surface area contributed by atoms with Gasteiger partial charge in [-0.05, 0) is 37.1 Å². The summed E-state index contributed by atoms with van der Waals surface area (Å²) in [7, 11) is 1.67. The summed E-state index contributed by atoms with van der Waals surface area (Å²) in [5.74, 6) is 0.850. The van der Waals surface area contributed by atoms with Crippen molar-refractivity contribution in [3.05, 3.63) is 24.3 Å². The number of aromatic nitrogens is 1. The van der Waals surface area contributed by atoms with Crippen LogP contribution in [0.25, 0.3) is 11.3 Å². The number of anilines is 1. The molecule has 20 heavy (non-hydrogen) atoms. The summed E-state index contributed by atoms with van der Waals surface area (Å²) in [6.45, 7) is 0. The van der Waals surface area contributed by atoms with E-state index in [2.05, 4.69) is 0 Å². The molecule has 0 amide bonds. The van der Waals surface area contributed by atoms with E-state index in [9.17, 15) is 0 Å². The molecule has 2 aromatic rings. The topological polar surface area (TPSA) is 48.1 Å². The van der Waals surface area contributed by atoms with Crippen molar-refractivity contribution in [2.24, 2.45) is 0 Å². The van der Waals surface area contributed by atoms with Gasteiger partial charge in [-0.3, -0.25) is 0 Å². The van der Waals surface area contributed by atoms with E-state index in [1.165, 1.54) is 25.7 Å². The Morgan fingerprint density at radius 3 is 2.60 bits per heavy atom. The van der Waals surface area contributed by atoms with E-state index >= 15 is 0 Å². The van der Waals surface area contributed by atoms with Gasteiger partial charge >= 0.3 is 0 Å². The van der Waals surface area contributed by atoms with Crippen LogP contribution in [-0.4, -0.2) is 17.3 Å². The molecule has 2 N–H and O–H groups in total. The summed E-state index contributed by atoms with van der Waals surface area (Å²) >= 11 is 3.50. The third kappa shape index (κ3) is 2.94. The van der Waals surface area contributed by atoms with E-state index in [0.717, 1.165) is 31.6 Å². The summed E-state index contributed by atoms with van der Waals surface area (Å²) in [5, 5.41) is 1.53. The third-order valence-corrected chi connectivity index (χ3v) is 5.88. The number of ether oxygens (including phenoxy) is 1. The SMILES string of the molecule is COc1ccc(-c2nc(SC3CCCC3)sc2N)cc1. The number of nitrogens with two attached hydrogens (primary N) is 1. The number of methoxy groups -OCH3 is 1. The van der Waals surface area contributed by atoms with Gasteiger partial charge in [-0.1, -0.05) is 35.9 Å². The quantitative estimate of drug-likeness (QED) is 0.907. The van der Waals surface area contributed by atoms with Crippen LogP contribution in [0.4, 0.5) is 5.00 Å². The first-order chi connectivity index (χ1) is 9.76. The Balaban J connectivity index is 1.80. The third-order valence-electron chi connectivity index (χ3n) is 3.57. The largest absolute Gasteiger partial charge is 0.497 e. The van der Waals surface area contributed by atoms with Crippen LogP contribution in [0.15, 0.2) is 28.6 Å². The minimum absolute atomic E-state index is 0.726. The van der Waals surface area contributed by atoms with Gasteiger partial charge < -0.3 is 10.5 Å². The fourth-order valence-electron chi connectivity index (χ4n) is 2.47. The number of benzene rings is 1. The molecule has 0 saturated heterocycles. The Bertz CT molecular complexity index is 574. The molecule has 1 heterocycles. The predicted octanol–water partition coefficient (Wildman–Crippen LogP) is 4.44. The van der Waals surface area contributed by atoms with Gasteiger partial charge in [0.2, 0.25) is 0 Å². The lowest BCUT2D eigenvalue weighted by Gasteiger charge is -2.04. The van der Waals surface area contributed by atoms with Crippen LogP contribution in [0.5, 0.6) is 5.75 Å².